The molecule has 0 aromatic rings. The molecule has 2 aliphatic heterocycles. The number of piperidine rings is 2. The molecule has 0 bridgehead atoms. The number of carbonyl (C=O) groups excluding carboxylic acids is 1. The molecule has 0 spiro atoms. The standard InChI is InChI=1S/C14H26N2O2/c1-14(2)5-9-16(10-6-14)13(17)11-18-12-3-7-15-8-4-12/h12,15H,3-11H2,1-2H3. The lowest BCUT2D eigenvalue weighted by Gasteiger charge is -2.37. The van der Waals surface area contributed by atoms with Gasteiger partial charge in [-0.1, -0.05) is 13.8 Å². The van der Waals surface area contributed by atoms with E-state index in [9.17, 15) is 4.79 Å². The van der Waals surface area contributed by atoms with E-state index in [1.165, 1.54) is 0 Å². The number of amides is 1. The highest BCUT2D eigenvalue weighted by Gasteiger charge is 2.28. The van der Waals surface area contributed by atoms with Gasteiger partial charge in [0.25, 0.3) is 0 Å². The molecule has 0 aromatic carbocycles. The van der Waals surface area contributed by atoms with Crippen LogP contribution in [-0.2, 0) is 9.53 Å². The van der Waals surface area contributed by atoms with Gasteiger partial charge < -0.3 is 15.0 Å². The summed E-state index contributed by atoms with van der Waals surface area (Å²) in [6, 6.07) is 0. The maximum Gasteiger partial charge on any atom is 0.248 e. The van der Waals surface area contributed by atoms with E-state index in [0.29, 0.717) is 5.41 Å². The van der Waals surface area contributed by atoms with Crippen LogP contribution in [0.3, 0.4) is 0 Å². The highest BCUT2D eigenvalue weighted by atomic mass is 16.5. The van der Waals surface area contributed by atoms with Crippen molar-refractivity contribution < 1.29 is 9.53 Å². The summed E-state index contributed by atoms with van der Waals surface area (Å²) >= 11 is 0. The molecular formula is C14H26N2O2. The Balaban J connectivity index is 1.68. The molecule has 104 valence electrons. The van der Waals surface area contributed by atoms with Gasteiger partial charge in [-0.25, -0.2) is 0 Å². The van der Waals surface area contributed by atoms with Crippen molar-refractivity contribution in [1.29, 1.82) is 0 Å². The van der Waals surface area contributed by atoms with E-state index in [0.717, 1.165) is 51.9 Å². The Bertz CT molecular complexity index is 276. The molecule has 0 aliphatic carbocycles. The molecule has 0 unspecified atom stereocenters. The number of carbonyl (C=O) groups is 1. The lowest BCUT2D eigenvalue weighted by atomic mass is 9.83. The maximum absolute atomic E-state index is 12.0. The van der Waals surface area contributed by atoms with E-state index >= 15 is 0 Å². The summed E-state index contributed by atoms with van der Waals surface area (Å²) in [7, 11) is 0. The molecule has 2 rings (SSSR count). The van der Waals surface area contributed by atoms with Crippen LogP contribution in [-0.4, -0.2) is 49.7 Å². The van der Waals surface area contributed by atoms with Crippen LogP contribution in [0.15, 0.2) is 0 Å². The number of rotatable bonds is 3. The number of hydrogen-bond acceptors (Lipinski definition) is 3. The largest absolute Gasteiger partial charge is 0.368 e. The highest BCUT2D eigenvalue weighted by Crippen LogP contribution is 2.29. The summed E-state index contributed by atoms with van der Waals surface area (Å²) < 4.78 is 5.72. The maximum atomic E-state index is 12.0. The molecule has 0 saturated carbocycles. The van der Waals surface area contributed by atoms with Gasteiger partial charge in [0.1, 0.15) is 6.61 Å². The molecule has 1 N–H and O–H groups in total. The summed E-state index contributed by atoms with van der Waals surface area (Å²) in [5.74, 6) is 0.170. The van der Waals surface area contributed by atoms with Crippen LogP contribution < -0.4 is 5.32 Å². The van der Waals surface area contributed by atoms with E-state index in [1.54, 1.807) is 0 Å². The van der Waals surface area contributed by atoms with Gasteiger partial charge in [-0.05, 0) is 44.2 Å². The quantitative estimate of drug-likeness (QED) is 0.828. The molecule has 4 nitrogen and oxygen atoms in total. The van der Waals surface area contributed by atoms with Gasteiger partial charge in [0.2, 0.25) is 5.91 Å². The zero-order valence-corrected chi connectivity index (χ0v) is 11.7. The van der Waals surface area contributed by atoms with Crippen LogP contribution in [0.25, 0.3) is 0 Å². The molecule has 2 aliphatic rings. The first kappa shape index (κ1) is 13.8. The highest BCUT2D eigenvalue weighted by molar-refractivity contribution is 5.77. The summed E-state index contributed by atoms with van der Waals surface area (Å²) in [5.41, 5.74) is 0.396. The average molecular weight is 254 g/mol. The summed E-state index contributed by atoms with van der Waals surface area (Å²) in [6.07, 6.45) is 4.54. The number of nitrogens with one attached hydrogen (secondary N) is 1. The van der Waals surface area contributed by atoms with Gasteiger partial charge in [0.15, 0.2) is 0 Å². The van der Waals surface area contributed by atoms with Gasteiger partial charge in [-0.15, -0.1) is 0 Å². The lowest BCUT2D eigenvalue weighted by Crippen LogP contribution is -2.43. The zero-order valence-electron chi connectivity index (χ0n) is 11.7. The molecule has 18 heavy (non-hydrogen) atoms. The van der Waals surface area contributed by atoms with Crippen LogP contribution >= 0.6 is 0 Å². The SMILES string of the molecule is CC1(C)CCN(C(=O)COC2CCNCC2)CC1. The van der Waals surface area contributed by atoms with Crippen molar-refractivity contribution >= 4 is 5.91 Å². The van der Waals surface area contributed by atoms with Crippen molar-refractivity contribution in [2.45, 2.75) is 45.6 Å². The third kappa shape index (κ3) is 3.95. The van der Waals surface area contributed by atoms with Gasteiger partial charge in [0, 0.05) is 13.1 Å². The van der Waals surface area contributed by atoms with E-state index in [1.807, 2.05) is 4.90 Å². The molecular weight excluding hydrogens is 228 g/mol. The van der Waals surface area contributed by atoms with E-state index in [-0.39, 0.29) is 18.6 Å². The van der Waals surface area contributed by atoms with Gasteiger partial charge in [-0.2, -0.15) is 0 Å². The third-order valence-corrected chi connectivity index (χ3v) is 4.20. The Labute approximate surface area is 110 Å². The van der Waals surface area contributed by atoms with Gasteiger partial charge in [0.05, 0.1) is 6.10 Å². The van der Waals surface area contributed by atoms with Crippen LogP contribution in [0.4, 0.5) is 0 Å². The minimum Gasteiger partial charge on any atom is -0.368 e. The van der Waals surface area contributed by atoms with Crippen molar-refractivity contribution in [3.8, 4) is 0 Å². The first-order valence-corrected chi connectivity index (χ1v) is 7.17. The monoisotopic (exact) mass is 254 g/mol. The second kappa shape index (κ2) is 6.02. The van der Waals surface area contributed by atoms with Crippen LogP contribution in [0, 0.1) is 5.41 Å². The molecule has 0 aromatic heterocycles. The second-order valence-corrected chi connectivity index (χ2v) is 6.31. The minimum atomic E-state index is 0.170. The summed E-state index contributed by atoms with van der Waals surface area (Å²) in [6.45, 7) is 8.63. The fraction of sp³-hybridized carbons (Fsp3) is 0.929. The van der Waals surface area contributed by atoms with Crippen molar-refractivity contribution in [3.05, 3.63) is 0 Å². The third-order valence-electron chi connectivity index (χ3n) is 4.20. The molecule has 0 atom stereocenters. The number of ether oxygens (including phenoxy) is 1. The van der Waals surface area contributed by atoms with Crippen molar-refractivity contribution in [3.63, 3.8) is 0 Å². The van der Waals surface area contributed by atoms with Crippen LogP contribution in [0.1, 0.15) is 39.5 Å². The van der Waals surface area contributed by atoms with E-state index in [2.05, 4.69) is 19.2 Å². The first-order valence-electron chi connectivity index (χ1n) is 7.17. The molecule has 2 heterocycles. The Hall–Kier alpha value is -0.610. The van der Waals surface area contributed by atoms with Crippen LogP contribution in [0.5, 0.6) is 0 Å². The predicted octanol–water partition coefficient (Wildman–Crippen LogP) is 1.40. The molecule has 2 fully saturated rings. The van der Waals surface area contributed by atoms with Gasteiger partial charge >= 0.3 is 0 Å². The Morgan fingerprint density at radius 3 is 2.50 bits per heavy atom. The molecule has 0 radical (unpaired) electrons. The van der Waals surface area contributed by atoms with E-state index in [4.69, 9.17) is 4.74 Å². The Morgan fingerprint density at radius 2 is 1.89 bits per heavy atom. The van der Waals surface area contributed by atoms with Crippen LogP contribution in [0.2, 0.25) is 0 Å². The molecule has 2 saturated heterocycles. The lowest BCUT2D eigenvalue weighted by molar-refractivity contribution is -0.140. The zero-order chi connectivity index (χ0) is 13.0. The number of hydrogen-bond donors (Lipinski definition) is 1. The second-order valence-electron chi connectivity index (χ2n) is 6.31. The number of nitrogens with zero attached hydrogens (tertiary/aromatic N) is 1. The predicted molar refractivity (Wildman–Crippen MR) is 71.4 cm³/mol. The minimum absolute atomic E-state index is 0.170. The van der Waals surface area contributed by atoms with E-state index < -0.39 is 0 Å². The number of likely N-dealkylation sites (tertiary alicyclic amines) is 1. The first-order chi connectivity index (χ1) is 8.57. The Morgan fingerprint density at radius 1 is 1.28 bits per heavy atom. The summed E-state index contributed by atoms with van der Waals surface area (Å²) in [5, 5.41) is 3.30. The Kier molecular flexibility index (Phi) is 4.62. The fourth-order valence-corrected chi connectivity index (χ4v) is 2.60. The normalized spacial score (nSPS) is 25.1. The average Bonchev–Trinajstić information content (AvgIpc) is 2.37. The molecule has 4 heteroatoms. The van der Waals surface area contributed by atoms with Crippen molar-refractivity contribution in [1.82, 2.24) is 10.2 Å². The molecule has 1 amide bonds. The van der Waals surface area contributed by atoms with Crippen molar-refractivity contribution in [2.75, 3.05) is 32.8 Å². The van der Waals surface area contributed by atoms with Crippen molar-refractivity contribution in [2.24, 2.45) is 5.41 Å². The summed E-state index contributed by atoms with van der Waals surface area (Å²) in [4.78, 5) is 14.0. The smallest absolute Gasteiger partial charge is 0.248 e. The van der Waals surface area contributed by atoms with Gasteiger partial charge in [-0.3, -0.25) is 4.79 Å². The topological polar surface area (TPSA) is 41.6 Å². The fourth-order valence-electron chi connectivity index (χ4n) is 2.60.